The van der Waals surface area contributed by atoms with Crippen LogP contribution in [0.4, 0.5) is 11.4 Å². The van der Waals surface area contributed by atoms with Crippen LogP contribution in [0.15, 0.2) is 67.0 Å². The van der Waals surface area contributed by atoms with E-state index in [1.807, 2.05) is 12.1 Å². The second-order valence-corrected chi connectivity index (χ2v) is 6.23. The summed E-state index contributed by atoms with van der Waals surface area (Å²) in [6, 6.07) is 13.5. The zero-order valence-corrected chi connectivity index (χ0v) is 15.6. The van der Waals surface area contributed by atoms with Crippen LogP contribution in [0.5, 0.6) is 5.75 Å². The van der Waals surface area contributed by atoms with Crippen molar-refractivity contribution in [2.24, 2.45) is 0 Å². The third-order valence-corrected chi connectivity index (χ3v) is 4.09. The van der Waals surface area contributed by atoms with E-state index in [9.17, 15) is 25.0 Å². The Morgan fingerprint density at radius 1 is 0.967 bits per heavy atom. The van der Waals surface area contributed by atoms with Crippen molar-refractivity contribution >= 4 is 17.3 Å². The van der Waals surface area contributed by atoms with Crippen LogP contribution in [0, 0.1) is 20.2 Å². The van der Waals surface area contributed by atoms with Crippen LogP contribution in [-0.2, 0) is 13.2 Å². The van der Waals surface area contributed by atoms with E-state index in [0.29, 0.717) is 12.4 Å². The van der Waals surface area contributed by atoms with Crippen LogP contribution >= 0.6 is 0 Å². The quantitative estimate of drug-likeness (QED) is 0.445. The number of ether oxygens (including phenoxy) is 1. The number of carbonyl (C=O) groups is 1. The number of hydrogen-bond donors (Lipinski definition) is 1. The summed E-state index contributed by atoms with van der Waals surface area (Å²) < 4.78 is 5.66. The van der Waals surface area contributed by atoms with Crippen molar-refractivity contribution in [3.05, 3.63) is 104 Å². The maximum atomic E-state index is 12.3. The average molecular weight is 408 g/mol. The summed E-state index contributed by atoms with van der Waals surface area (Å²) in [5.74, 6) is -0.0121. The van der Waals surface area contributed by atoms with Gasteiger partial charge in [0, 0.05) is 36.6 Å². The maximum Gasteiger partial charge on any atom is 0.277 e. The Hall–Kier alpha value is -4.34. The van der Waals surface area contributed by atoms with E-state index < -0.39 is 27.1 Å². The van der Waals surface area contributed by atoms with Gasteiger partial charge < -0.3 is 10.1 Å². The van der Waals surface area contributed by atoms with E-state index in [1.165, 1.54) is 0 Å². The van der Waals surface area contributed by atoms with Crippen molar-refractivity contribution < 1.29 is 19.4 Å². The first-order valence-electron chi connectivity index (χ1n) is 8.75. The van der Waals surface area contributed by atoms with Gasteiger partial charge in [0.05, 0.1) is 21.5 Å². The summed E-state index contributed by atoms with van der Waals surface area (Å²) in [5, 5.41) is 24.5. The molecule has 10 heteroatoms. The minimum atomic E-state index is -0.784. The molecule has 0 spiro atoms. The molecule has 0 aliphatic carbocycles. The molecule has 3 aromatic rings. The Morgan fingerprint density at radius 3 is 2.20 bits per heavy atom. The predicted octanol–water partition coefficient (Wildman–Crippen LogP) is 3.41. The molecule has 0 radical (unpaired) electrons. The van der Waals surface area contributed by atoms with Gasteiger partial charge in [-0.25, -0.2) is 0 Å². The lowest BCUT2D eigenvalue weighted by atomic mass is 10.1. The minimum absolute atomic E-state index is 0.137. The molecule has 0 saturated heterocycles. The Bertz CT molecular complexity index is 1040. The highest BCUT2D eigenvalue weighted by molar-refractivity contribution is 5.95. The number of carbonyl (C=O) groups excluding carboxylic acids is 1. The largest absolute Gasteiger partial charge is 0.489 e. The highest BCUT2D eigenvalue weighted by Gasteiger charge is 2.19. The van der Waals surface area contributed by atoms with E-state index in [2.05, 4.69) is 10.3 Å². The number of benzene rings is 2. The van der Waals surface area contributed by atoms with E-state index in [-0.39, 0.29) is 12.1 Å². The zero-order valence-electron chi connectivity index (χ0n) is 15.6. The van der Waals surface area contributed by atoms with E-state index in [4.69, 9.17) is 4.74 Å². The number of non-ortho nitro benzene ring substituents is 2. The van der Waals surface area contributed by atoms with Gasteiger partial charge >= 0.3 is 0 Å². The molecule has 0 aliphatic heterocycles. The molecule has 2 aromatic carbocycles. The fourth-order valence-electron chi connectivity index (χ4n) is 2.58. The molecule has 0 unspecified atom stereocenters. The molecule has 0 saturated carbocycles. The predicted molar refractivity (Wildman–Crippen MR) is 106 cm³/mol. The van der Waals surface area contributed by atoms with Crippen LogP contribution in [0.25, 0.3) is 0 Å². The van der Waals surface area contributed by atoms with E-state index in [0.717, 1.165) is 29.3 Å². The molecule has 3 rings (SSSR count). The number of nitrogens with zero attached hydrogens (tertiary/aromatic N) is 3. The number of nitrogens with one attached hydrogen (secondary N) is 1. The first-order valence-corrected chi connectivity index (χ1v) is 8.75. The number of rotatable bonds is 8. The van der Waals surface area contributed by atoms with Gasteiger partial charge in [0.25, 0.3) is 17.3 Å². The minimum Gasteiger partial charge on any atom is -0.489 e. The lowest BCUT2D eigenvalue weighted by molar-refractivity contribution is -0.394. The molecule has 1 aromatic heterocycles. The maximum absolute atomic E-state index is 12.3. The van der Waals surface area contributed by atoms with Gasteiger partial charge in [-0.2, -0.15) is 0 Å². The lowest BCUT2D eigenvalue weighted by Gasteiger charge is -2.08. The molecule has 0 fully saturated rings. The molecular weight excluding hydrogens is 392 g/mol. The van der Waals surface area contributed by atoms with Crippen LogP contribution < -0.4 is 10.1 Å². The summed E-state index contributed by atoms with van der Waals surface area (Å²) in [6.45, 7) is 0.508. The van der Waals surface area contributed by atoms with Gasteiger partial charge in [-0.05, 0) is 23.8 Å². The van der Waals surface area contributed by atoms with Gasteiger partial charge in [0.15, 0.2) is 0 Å². The Morgan fingerprint density at radius 2 is 1.63 bits per heavy atom. The van der Waals surface area contributed by atoms with Gasteiger partial charge in [-0.1, -0.05) is 18.2 Å². The lowest BCUT2D eigenvalue weighted by Crippen LogP contribution is -2.23. The number of hydrogen-bond acceptors (Lipinski definition) is 7. The number of nitro groups is 2. The summed E-state index contributed by atoms with van der Waals surface area (Å²) in [7, 11) is 0. The van der Waals surface area contributed by atoms with Crippen molar-refractivity contribution in [1.29, 1.82) is 0 Å². The summed E-state index contributed by atoms with van der Waals surface area (Å²) in [6.07, 6.45) is 3.39. The third kappa shape index (κ3) is 5.35. The normalized spacial score (nSPS) is 10.3. The van der Waals surface area contributed by atoms with E-state index in [1.54, 1.807) is 36.7 Å². The average Bonchev–Trinajstić information content (AvgIpc) is 2.77. The molecule has 10 nitrogen and oxygen atoms in total. The topological polar surface area (TPSA) is 138 Å². The van der Waals surface area contributed by atoms with Gasteiger partial charge in [-0.3, -0.25) is 30.0 Å². The van der Waals surface area contributed by atoms with Crippen LogP contribution in [0.2, 0.25) is 0 Å². The molecule has 152 valence electrons. The number of nitro benzene ring substituents is 2. The molecule has 0 bridgehead atoms. The fraction of sp³-hybridized carbons (Fsp3) is 0.100. The number of aromatic nitrogens is 1. The second-order valence-electron chi connectivity index (χ2n) is 6.23. The Labute approximate surface area is 170 Å². The Kier molecular flexibility index (Phi) is 6.28. The third-order valence-electron chi connectivity index (χ3n) is 4.09. The fourth-order valence-corrected chi connectivity index (χ4v) is 2.58. The van der Waals surface area contributed by atoms with Crippen LogP contribution in [0.3, 0.4) is 0 Å². The van der Waals surface area contributed by atoms with Crippen molar-refractivity contribution in [3.63, 3.8) is 0 Å². The number of pyridine rings is 1. The molecule has 30 heavy (non-hydrogen) atoms. The SMILES string of the molecule is O=C(NCc1ccc(OCc2cccnc2)cc1)c1cc([N+](=O)[O-])cc([N+](=O)[O-])c1. The van der Waals surface area contributed by atoms with Crippen molar-refractivity contribution in [1.82, 2.24) is 10.3 Å². The molecule has 0 atom stereocenters. The molecular formula is C20H16N4O6. The van der Waals surface area contributed by atoms with Crippen molar-refractivity contribution in [3.8, 4) is 5.75 Å². The van der Waals surface area contributed by atoms with Crippen molar-refractivity contribution in [2.75, 3.05) is 0 Å². The van der Waals surface area contributed by atoms with Crippen LogP contribution in [-0.4, -0.2) is 20.7 Å². The van der Waals surface area contributed by atoms with Gasteiger partial charge in [-0.15, -0.1) is 0 Å². The van der Waals surface area contributed by atoms with Gasteiger partial charge in [0.1, 0.15) is 12.4 Å². The molecule has 1 heterocycles. The van der Waals surface area contributed by atoms with Crippen molar-refractivity contribution in [2.45, 2.75) is 13.2 Å². The molecule has 1 N–H and O–H groups in total. The highest BCUT2D eigenvalue weighted by Crippen LogP contribution is 2.23. The Balaban J connectivity index is 1.60. The standard InChI is InChI=1S/C20H16N4O6/c25-20(16-8-17(23(26)27)10-18(9-16)24(28)29)22-12-14-3-5-19(6-4-14)30-13-15-2-1-7-21-11-15/h1-11H,12-13H2,(H,22,25). The first kappa shape index (κ1) is 20.4. The second kappa shape index (κ2) is 9.24. The summed E-state index contributed by atoms with van der Waals surface area (Å²) in [5.41, 5.74) is 0.484. The molecule has 1 amide bonds. The highest BCUT2D eigenvalue weighted by atomic mass is 16.6. The van der Waals surface area contributed by atoms with E-state index >= 15 is 0 Å². The smallest absolute Gasteiger partial charge is 0.277 e. The molecule has 0 aliphatic rings. The monoisotopic (exact) mass is 408 g/mol. The van der Waals surface area contributed by atoms with Crippen LogP contribution in [0.1, 0.15) is 21.5 Å². The summed E-state index contributed by atoms with van der Waals surface area (Å²) in [4.78, 5) is 36.6. The first-order chi connectivity index (χ1) is 14.4. The summed E-state index contributed by atoms with van der Waals surface area (Å²) >= 11 is 0. The number of amides is 1. The zero-order chi connectivity index (χ0) is 21.5. The van der Waals surface area contributed by atoms with Gasteiger partial charge in [0.2, 0.25) is 0 Å².